The molecule has 3 nitrogen and oxygen atoms in total. The lowest BCUT2D eigenvalue weighted by Crippen LogP contribution is -2.20. The molecule has 3 aromatic rings. The lowest BCUT2D eigenvalue weighted by molar-refractivity contribution is 0.778. The second kappa shape index (κ2) is 4.58. The highest BCUT2D eigenvalue weighted by atomic mass is 32.1. The quantitative estimate of drug-likeness (QED) is 0.719. The van der Waals surface area contributed by atoms with Crippen molar-refractivity contribution in [3.05, 3.63) is 40.2 Å². The van der Waals surface area contributed by atoms with Crippen LogP contribution in [-0.4, -0.2) is 23.1 Å². The number of hydrogen-bond acceptors (Lipinski definition) is 5. The molecular formula is C14H13N3S2. The van der Waals surface area contributed by atoms with E-state index in [1.807, 2.05) is 0 Å². The van der Waals surface area contributed by atoms with Crippen molar-refractivity contribution in [1.29, 1.82) is 0 Å². The second-order valence-corrected chi connectivity index (χ2v) is 6.52. The van der Waals surface area contributed by atoms with Gasteiger partial charge in [-0.2, -0.15) is 11.3 Å². The van der Waals surface area contributed by atoms with Gasteiger partial charge in [0.05, 0.1) is 10.2 Å². The molecule has 1 aliphatic rings. The third kappa shape index (κ3) is 1.93. The first-order chi connectivity index (χ1) is 9.42. The van der Waals surface area contributed by atoms with Gasteiger partial charge in [0.15, 0.2) is 0 Å². The Bertz CT molecular complexity index is 690. The standard InChI is InChI=1S/C14H13N3S2/c1-4-17(7-10(1)11-2-5-18-8-11)14-13-12(3-6-19-13)15-9-16-14/h2-3,5-6,8-10H,1,4,7H2. The van der Waals surface area contributed by atoms with Crippen molar-refractivity contribution in [3.8, 4) is 0 Å². The van der Waals surface area contributed by atoms with Gasteiger partial charge in [-0.15, -0.1) is 11.3 Å². The predicted octanol–water partition coefficient (Wildman–Crippen LogP) is 3.75. The van der Waals surface area contributed by atoms with Gasteiger partial charge >= 0.3 is 0 Å². The lowest BCUT2D eigenvalue weighted by Gasteiger charge is -2.17. The summed E-state index contributed by atoms with van der Waals surface area (Å²) in [5, 5.41) is 6.53. The maximum Gasteiger partial charge on any atom is 0.150 e. The molecule has 1 unspecified atom stereocenters. The van der Waals surface area contributed by atoms with E-state index in [0.29, 0.717) is 5.92 Å². The molecule has 3 aromatic heterocycles. The van der Waals surface area contributed by atoms with Crippen LogP contribution in [-0.2, 0) is 0 Å². The van der Waals surface area contributed by atoms with Crippen LogP contribution in [0.15, 0.2) is 34.6 Å². The number of hydrogen-bond donors (Lipinski definition) is 0. The monoisotopic (exact) mass is 287 g/mol. The molecule has 1 aliphatic heterocycles. The van der Waals surface area contributed by atoms with Gasteiger partial charge < -0.3 is 4.90 Å². The van der Waals surface area contributed by atoms with Gasteiger partial charge in [0, 0.05) is 19.0 Å². The summed E-state index contributed by atoms with van der Waals surface area (Å²) in [6.45, 7) is 2.16. The molecule has 1 fully saturated rings. The highest BCUT2D eigenvalue weighted by Gasteiger charge is 2.26. The summed E-state index contributed by atoms with van der Waals surface area (Å²) in [5.41, 5.74) is 2.54. The lowest BCUT2D eigenvalue weighted by atomic mass is 10.0. The van der Waals surface area contributed by atoms with Gasteiger partial charge in [-0.3, -0.25) is 0 Å². The molecule has 0 spiro atoms. The Hall–Kier alpha value is -1.46. The molecule has 4 heterocycles. The fourth-order valence-electron chi connectivity index (χ4n) is 2.73. The van der Waals surface area contributed by atoms with Crippen molar-refractivity contribution < 1.29 is 0 Å². The zero-order chi connectivity index (χ0) is 12.7. The van der Waals surface area contributed by atoms with Crippen molar-refractivity contribution in [1.82, 2.24) is 9.97 Å². The maximum absolute atomic E-state index is 4.50. The van der Waals surface area contributed by atoms with Crippen LogP contribution in [0.2, 0.25) is 0 Å². The van der Waals surface area contributed by atoms with Crippen molar-refractivity contribution in [3.63, 3.8) is 0 Å². The van der Waals surface area contributed by atoms with E-state index in [-0.39, 0.29) is 0 Å². The van der Waals surface area contributed by atoms with Crippen LogP contribution in [0.5, 0.6) is 0 Å². The first kappa shape index (κ1) is 11.4. The highest BCUT2D eigenvalue weighted by molar-refractivity contribution is 7.17. The zero-order valence-corrected chi connectivity index (χ0v) is 12.0. The van der Waals surface area contributed by atoms with Crippen molar-refractivity contribution in [2.24, 2.45) is 0 Å². The third-order valence-electron chi connectivity index (χ3n) is 3.73. The van der Waals surface area contributed by atoms with Crippen LogP contribution in [0.4, 0.5) is 5.82 Å². The summed E-state index contributed by atoms with van der Waals surface area (Å²) >= 11 is 3.52. The van der Waals surface area contributed by atoms with E-state index in [0.717, 1.165) is 24.4 Å². The van der Waals surface area contributed by atoms with E-state index in [4.69, 9.17) is 0 Å². The first-order valence-electron chi connectivity index (χ1n) is 6.37. The molecule has 96 valence electrons. The molecule has 0 saturated carbocycles. The molecule has 0 N–H and O–H groups in total. The first-order valence-corrected chi connectivity index (χ1v) is 8.19. The number of aromatic nitrogens is 2. The van der Waals surface area contributed by atoms with E-state index in [1.54, 1.807) is 29.0 Å². The van der Waals surface area contributed by atoms with Gasteiger partial charge in [-0.05, 0) is 40.3 Å². The van der Waals surface area contributed by atoms with Crippen LogP contribution in [0, 0.1) is 0 Å². The topological polar surface area (TPSA) is 29.0 Å². The summed E-state index contributed by atoms with van der Waals surface area (Å²) in [6, 6.07) is 4.32. The normalized spacial score (nSPS) is 19.4. The zero-order valence-electron chi connectivity index (χ0n) is 10.3. The van der Waals surface area contributed by atoms with E-state index in [9.17, 15) is 0 Å². The van der Waals surface area contributed by atoms with Crippen molar-refractivity contribution in [2.75, 3.05) is 18.0 Å². The summed E-state index contributed by atoms with van der Waals surface area (Å²) in [7, 11) is 0. The summed E-state index contributed by atoms with van der Waals surface area (Å²) in [4.78, 5) is 11.2. The minimum atomic E-state index is 0.649. The van der Waals surface area contributed by atoms with E-state index < -0.39 is 0 Å². The Morgan fingerprint density at radius 2 is 2.21 bits per heavy atom. The number of nitrogens with zero attached hydrogens (tertiary/aromatic N) is 3. The smallest absolute Gasteiger partial charge is 0.150 e. The molecule has 5 heteroatoms. The van der Waals surface area contributed by atoms with Crippen LogP contribution in [0.25, 0.3) is 10.2 Å². The van der Waals surface area contributed by atoms with Gasteiger partial charge in [0.1, 0.15) is 12.1 Å². The van der Waals surface area contributed by atoms with Crippen LogP contribution in [0.3, 0.4) is 0 Å². The molecular weight excluding hydrogens is 274 g/mol. The maximum atomic E-state index is 4.50. The third-order valence-corrected chi connectivity index (χ3v) is 5.33. The van der Waals surface area contributed by atoms with Gasteiger partial charge in [0.2, 0.25) is 0 Å². The number of thiophene rings is 2. The van der Waals surface area contributed by atoms with Crippen LogP contribution in [0.1, 0.15) is 17.9 Å². The average Bonchev–Trinajstić information content (AvgIpc) is 3.18. The number of anilines is 1. The Kier molecular flexibility index (Phi) is 2.74. The largest absolute Gasteiger partial charge is 0.355 e. The average molecular weight is 287 g/mol. The van der Waals surface area contributed by atoms with E-state index in [1.165, 1.54) is 16.7 Å². The summed E-state index contributed by atoms with van der Waals surface area (Å²) in [5.74, 6) is 1.76. The highest BCUT2D eigenvalue weighted by Crippen LogP contribution is 2.35. The minimum Gasteiger partial charge on any atom is -0.355 e. The number of fused-ring (bicyclic) bond motifs is 1. The predicted molar refractivity (Wildman–Crippen MR) is 81.3 cm³/mol. The Morgan fingerprint density at radius 3 is 3.11 bits per heavy atom. The molecule has 19 heavy (non-hydrogen) atoms. The molecule has 0 aliphatic carbocycles. The Morgan fingerprint density at radius 1 is 1.21 bits per heavy atom. The molecule has 4 rings (SSSR count). The SMILES string of the molecule is c1nc(N2CCC(c3ccsc3)C2)c2sccc2n1. The molecule has 1 atom stereocenters. The Balaban J connectivity index is 1.66. The summed E-state index contributed by atoms with van der Waals surface area (Å²) in [6.07, 6.45) is 2.90. The molecule has 0 amide bonds. The van der Waals surface area contributed by atoms with Crippen LogP contribution >= 0.6 is 22.7 Å². The molecule has 1 saturated heterocycles. The molecule has 0 aromatic carbocycles. The number of rotatable bonds is 2. The molecule has 0 radical (unpaired) electrons. The minimum absolute atomic E-state index is 0.649. The van der Waals surface area contributed by atoms with Crippen LogP contribution < -0.4 is 4.90 Å². The summed E-state index contributed by atoms with van der Waals surface area (Å²) < 4.78 is 1.22. The van der Waals surface area contributed by atoms with Crippen molar-refractivity contribution >= 4 is 38.7 Å². The van der Waals surface area contributed by atoms with Gasteiger partial charge in [-0.1, -0.05) is 0 Å². The fraction of sp³-hybridized carbons (Fsp3) is 0.286. The van der Waals surface area contributed by atoms with E-state index in [2.05, 4.69) is 43.1 Å². The van der Waals surface area contributed by atoms with Gasteiger partial charge in [-0.25, -0.2) is 9.97 Å². The molecule has 0 bridgehead atoms. The van der Waals surface area contributed by atoms with Crippen molar-refractivity contribution in [2.45, 2.75) is 12.3 Å². The van der Waals surface area contributed by atoms with Gasteiger partial charge in [0.25, 0.3) is 0 Å². The Labute approximate surface area is 119 Å². The second-order valence-electron chi connectivity index (χ2n) is 4.82. The fourth-order valence-corrected chi connectivity index (χ4v) is 4.34. The van der Waals surface area contributed by atoms with E-state index >= 15 is 0 Å².